The molecule has 1 aromatic carbocycles. The van der Waals surface area contributed by atoms with E-state index < -0.39 is 11.7 Å². The first-order valence-electron chi connectivity index (χ1n) is 6.78. The fraction of sp³-hybridized carbons (Fsp3) is 0.333. The molecule has 0 atom stereocenters. The minimum absolute atomic E-state index is 0.210. The van der Waals surface area contributed by atoms with Gasteiger partial charge in [0.1, 0.15) is 17.0 Å². The predicted octanol–water partition coefficient (Wildman–Crippen LogP) is 2.81. The third-order valence-corrected chi connectivity index (χ3v) is 2.72. The van der Waals surface area contributed by atoms with Crippen LogP contribution in [-0.4, -0.2) is 28.6 Å². The number of benzene rings is 1. The van der Waals surface area contributed by atoms with Gasteiger partial charge >= 0.3 is 6.09 Å². The van der Waals surface area contributed by atoms with Gasteiger partial charge in [0.15, 0.2) is 5.82 Å². The molecule has 0 fully saturated rings. The van der Waals surface area contributed by atoms with Crippen molar-refractivity contribution in [2.75, 3.05) is 18.2 Å². The summed E-state index contributed by atoms with van der Waals surface area (Å²) in [6.45, 7) is 5.37. The Labute approximate surface area is 129 Å². The van der Waals surface area contributed by atoms with Crippen molar-refractivity contribution in [2.45, 2.75) is 26.4 Å². The van der Waals surface area contributed by atoms with Crippen molar-refractivity contribution in [1.29, 1.82) is 0 Å². The topological polar surface area (TPSA) is 91.4 Å². The highest BCUT2D eigenvalue weighted by Crippen LogP contribution is 2.21. The van der Waals surface area contributed by atoms with Gasteiger partial charge in [-0.05, 0) is 45.0 Å². The van der Waals surface area contributed by atoms with Crippen LogP contribution in [-0.2, 0) is 4.74 Å². The SMILES string of the molecule is COc1ccc(-n2cc(NC(=O)OC(C)(C)C)c(N)n2)cc1. The van der Waals surface area contributed by atoms with Gasteiger partial charge in [0.25, 0.3) is 0 Å². The predicted molar refractivity (Wildman–Crippen MR) is 84.4 cm³/mol. The summed E-state index contributed by atoms with van der Waals surface area (Å²) >= 11 is 0. The van der Waals surface area contributed by atoms with Crippen molar-refractivity contribution < 1.29 is 14.3 Å². The van der Waals surface area contributed by atoms with E-state index in [-0.39, 0.29) is 5.82 Å². The van der Waals surface area contributed by atoms with E-state index in [2.05, 4.69) is 10.4 Å². The third kappa shape index (κ3) is 3.91. The van der Waals surface area contributed by atoms with Crippen LogP contribution < -0.4 is 15.8 Å². The minimum Gasteiger partial charge on any atom is -0.497 e. The maximum Gasteiger partial charge on any atom is 0.412 e. The molecule has 0 aliphatic carbocycles. The molecule has 2 rings (SSSR count). The Morgan fingerprint density at radius 1 is 1.27 bits per heavy atom. The van der Waals surface area contributed by atoms with E-state index in [1.165, 1.54) is 0 Å². The zero-order valence-corrected chi connectivity index (χ0v) is 13.1. The number of nitrogen functional groups attached to an aromatic ring is 1. The molecule has 0 unspecified atom stereocenters. The molecule has 0 bridgehead atoms. The number of carbonyl (C=O) groups is 1. The van der Waals surface area contributed by atoms with E-state index >= 15 is 0 Å². The van der Waals surface area contributed by atoms with Gasteiger partial charge in [-0.15, -0.1) is 5.10 Å². The molecule has 22 heavy (non-hydrogen) atoms. The molecule has 1 amide bonds. The van der Waals surface area contributed by atoms with Crippen molar-refractivity contribution in [1.82, 2.24) is 9.78 Å². The molecule has 0 aliphatic heterocycles. The zero-order valence-electron chi connectivity index (χ0n) is 13.1. The number of methoxy groups -OCH3 is 1. The molecule has 0 saturated heterocycles. The highest BCUT2D eigenvalue weighted by Gasteiger charge is 2.18. The number of nitrogens with two attached hydrogens (primary N) is 1. The third-order valence-electron chi connectivity index (χ3n) is 2.72. The van der Waals surface area contributed by atoms with Gasteiger partial charge in [-0.25, -0.2) is 9.48 Å². The van der Waals surface area contributed by atoms with Crippen molar-refractivity contribution in [3.05, 3.63) is 30.5 Å². The summed E-state index contributed by atoms with van der Waals surface area (Å²) < 4.78 is 11.9. The van der Waals surface area contributed by atoms with Crippen LogP contribution in [0.2, 0.25) is 0 Å². The first kappa shape index (κ1) is 15.7. The molecule has 1 heterocycles. The van der Waals surface area contributed by atoms with E-state index in [0.717, 1.165) is 11.4 Å². The second kappa shape index (κ2) is 5.97. The molecule has 0 saturated carbocycles. The lowest BCUT2D eigenvalue weighted by atomic mass is 10.2. The molecule has 0 aliphatic rings. The first-order chi connectivity index (χ1) is 10.3. The summed E-state index contributed by atoms with van der Waals surface area (Å²) in [5.74, 6) is 0.956. The maximum atomic E-state index is 11.8. The monoisotopic (exact) mass is 304 g/mol. The van der Waals surface area contributed by atoms with Crippen molar-refractivity contribution in [2.24, 2.45) is 0 Å². The average molecular weight is 304 g/mol. The van der Waals surface area contributed by atoms with Crippen LogP contribution in [0.15, 0.2) is 30.5 Å². The molecule has 0 radical (unpaired) electrons. The number of nitrogens with one attached hydrogen (secondary N) is 1. The molecule has 0 spiro atoms. The molecule has 118 valence electrons. The first-order valence-corrected chi connectivity index (χ1v) is 6.78. The Morgan fingerprint density at radius 3 is 2.45 bits per heavy atom. The van der Waals surface area contributed by atoms with E-state index in [1.807, 2.05) is 24.3 Å². The van der Waals surface area contributed by atoms with Crippen LogP contribution >= 0.6 is 0 Å². The van der Waals surface area contributed by atoms with Gasteiger partial charge in [-0.1, -0.05) is 0 Å². The molecular formula is C15H20N4O3. The Balaban J connectivity index is 2.15. The van der Waals surface area contributed by atoms with E-state index in [1.54, 1.807) is 38.8 Å². The molecule has 7 heteroatoms. The van der Waals surface area contributed by atoms with Crippen molar-refractivity contribution >= 4 is 17.6 Å². The number of rotatable bonds is 3. The van der Waals surface area contributed by atoms with Crippen LogP contribution in [0.5, 0.6) is 5.75 Å². The molecule has 7 nitrogen and oxygen atoms in total. The number of ether oxygens (including phenoxy) is 2. The van der Waals surface area contributed by atoms with Crippen LogP contribution in [0, 0.1) is 0 Å². The van der Waals surface area contributed by atoms with E-state index in [9.17, 15) is 4.79 Å². The molecule has 3 N–H and O–H groups in total. The van der Waals surface area contributed by atoms with Gasteiger partial charge in [-0.2, -0.15) is 0 Å². The summed E-state index contributed by atoms with van der Waals surface area (Å²) in [6, 6.07) is 7.30. The fourth-order valence-corrected chi connectivity index (χ4v) is 1.76. The average Bonchev–Trinajstić information content (AvgIpc) is 2.78. The highest BCUT2D eigenvalue weighted by atomic mass is 16.6. The summed E-state index contributed by atoms with van der Waals surface area (Å²) in [6.07, 6.45) is 1.05. The second-order valence-electron chi connectivity index (χ2n) is 5.70. The summed E-state index contributed by atoms with van der Waals surface area (Å²) in [5.41, 5.74) is 6.43. The second-order valence-corrected chi connectivity index (χ2v) is 5.70. The molecule has 1 aromatic heterocycles. The van der Waals surface area contributed by atoms with Gasteiger partial charge in [0.2, 0.25) is 0 Å². The summed E-state index contributed by atoms with van der Waals surface area (Å²) in [7, 11) is 1.60. The van der Waals surface area contributed by atoms with Crippen LogP contribution in [0.25, 0.3) is 5.69 Å². The number of carbonyl (C=O) groups excluding carboxylic acids is 1. The van der Waals surface area contributed by atoms with Crippen LogP contribution in [0.3, 0.4) is 0 Å². The van der Waals surface area contributed by atoms with Gasteiger partial charge < -0.3 is 15.2 Å². The number of hydrogen-bond acceptors (Lipinski definition) is 5. The minimum atomic E-state index is -0.579. The smallest absolute Gasteiger partial charge is 0.412 e. The van der Waals surface area contributed by atoms with Crippen LogP contribution in [0.1, 0.15) is 20.8 Å². The Bertz CT molecular complexity index is 656. The lowest BCUT2D eigenvalue weighted by Gasteiger charge is -2.19. The highest BCUT2D eigenvalue weighted by molar-refractivity contribution is 5.88. The zero-order chi connectivity index (χ0) is 16.3. The lowest BCUT2D eigenvalue weighted by molar-refractivity contribution is 0.0636. The van der Waals surface area contributed by atoms with E-state index in [4.69, 9.17) is 15.2 Å². The Morgan fingerprint density at radius 2 is 1.91 bits per heavy atom. The fourth-order valence-electron chi connectivity index (χ4n) is 1.76. The number of anilines is 2. The van der Waals surface area contributed by atoms with Crippen molar-refractivity contribution in [3.63, 3.8) is 0 Å². The van der Waals surface area contributed by atoms with Gasteiger partial charge in [0.05, 0.1) is 19.0 Å². The maximum absolute atomic E-state index is 11.8. The quantitative estimate of drug-likeness (QED) is 0.909. The Kier molecular flexibility index (Phi) is 4.25. The summed E-state index contributed by atoms with van der Waals surface area (Å²) in [4.78, 5) is 11.8. The molecule has 2 aromatic rings. The largest absolute Gasteiger partial charge is 0.497 e. The normalized spacial score (nSPS) is 11.1. The van der Waals surface area contributed by atoms with Crippen molar-refractivity contribution in [3.8, 4) is 11.4 Å². The Hall–Kier alpha value is -2.70. The molecular weight excluding hydrogens is 284 g/mol. The summed E-state index contributed by atoms with van der Waals surface area (Å²) in [5, 5.41) is 6.75. The standard InChI is InChI=1S/C15H20N4O3/c1-15(2,3)22-14(20)17-12-9-19(18-13(12)16)10-5-7-11(21-4)8-6-10/h5-9H,1-4H3,(H2,16,18)(H,17,20). The number of aromatic nitrogens is 2. The van der Waals surface area contributed by atoms with Gasteiger partial charge in [-0.3, -0.25) is 5.32 Å². The number of amides is 1. The number of hydrogen-bond donors (Lipinski definition) is 2. The van der Waals surface area contributed by atoms with Crippen LogP contribution in [0.4, 0.5) is 16.3 Å². The lowest BCUT2D eigenvalue weighted by Crippen LogP contribution is -2.27. The van der Waals surface area contributed by atoms with Gasteiger partial charge in [0, 0.05) is 0 Å². The van der Waals surface area contributed by atoms with E-state index in [0.29, 0.717) is 5.69 Å². The number of nitrogens with zero attached hydrogens (tertiary/aromatic N) is 2.